The van der Waals surface area contributed by atoms with Crippen LogP contribution >= 0.6 is 0 Å². The number of rotatable bonds is 5. The highest BCUT2D eigenvalue weighted by Crippen LogP contribution is 2.20. The van der Waals surface area contributed by atoms with Crippen molar-refractivity contribution in [3.8, 4) is 0 Å². The number of nitrogens with zero attached hydrogens (tertiary/aromatic N) is 2. The molecule has 0 radical (unpaired) electrons. The van der Waals surface area contributed by atoms with E-state index in [2.05, 4.69) is 15.6 Å². The molecular weight excluding hydrogens is 335 g/mol. The third-order valence-corrected chi connectivity index (χ3v) is 4.28. The summed E-state index contributed by atoms with van der Waals surface area (Å²) in [5.41, 5.74) is 1.16. The van der Waals surface area contributed by atoms with Gasteiger partial charge >= 0.3 is 0 Å². The molecule has 0 unspecified atom stereocenters. The first-order valence-corrected chi connectivity index (χ1v) is 8.43. The van der Waals surface area contributed by atoms with E-state index in [1.807, 2.05) is 0 Å². The molecule has 0 spiro atoms. The number of hydrogen-bond acceptors (Lipinski definition) is 3. The molecule has 4 rings (SSSR count). The number of nitrogens with one attached hydrogen (secondary N) is 2. The first-order valence-electron chi connectivity index (χ1n) is 8.43. The normalized spacial score (nSPS) is 13.6. The van der Waals surface area contributed by atoms with Crippen LogP contribution in [0.4, 0.5) is 4.39 Å². The Morgan fingerprint density at radius 1 is 1.12 bits per heavy atom. The first kappa shape index (κ1) is 16.3. The highest BCUT2D eigenvalue weighted by atomic mass is 19.1. The summed E-state index contributed by atoms with van der Waals surface area (Å²) in [6.07, 6.45) is 3.61. The van der Waals surface area contributed by atoms with Crippen LogP contribution in [0.3, 0.4) is 0 Å². The van der Waals surface area contributed by atoms with Gasteiger partial charge in [0.15, 0.2) is 5.69 Å². The van der Waals surface area contributed by atoms with Gasteiger partial charge in [-0.2, -0.15) is 0 Å². The van der Waals surface area contributed by atoms with E-state index in [0.717, 1.165) is 12.8 Å². The van der Waals surface area contributed by atoms with Gasteiger partial charge in [-0.1, -0.05) is 24.3 Å². The van der Waals surface area contributed by atoms with E-state index < -0.39 is 5.91 Å². The van der Waals surface area contributed by atoms with Gasteiger partial charge < -0.3 is 10.6 Å². The molecule has 1 aliphatic carbocycles. The van der Waals surface area contributed by atoms with Crippen LogP contribution in [0.2, 0.25) is 0 Å². The molecule has 0 bridgehead atoms. The predicted octanol–water partition coefficient (Wildman–Crippen LogP) is 2.30. The van der Waals surface area contributed by atoms with Crippen LogP contribution in [0.25, 0.3) is 5.52 Å². The van der Waals surface area contributed by atoms with Crippen molar-refractivity contribution in [3.05, 3.63) is 71.6 Å². The second-order valence-electron chi connectivity index (χ2n) is 6.26. The lowest BCUT2D eigenvalue weighted by molar-refractivity contribution is 0.0939. The van der Waals surface area contributed by atoms with E-state index in [4.69, 9.17) is 0 Å². The molecule has 2 aromatic heterocycles. The SMILES string of the molecule is O=C(NC1CC1)c1nc(C(=O)NCc2ccccc2F)n2ccccc12. The summed E-state index contributed by atoms with van der Waals surface area (Å²) in [6.45, 7) is 0.0385. The van der Waals surface area contributed by atoms with Crippen LogP contribution in [0.15, 0.2) is 48.7 Å². The molecule has 0 atom stereocenters. The van der Waals surface area contributed by atoms with Crippen LogP contribution in [0.1, 0.15) is 39.5 Å². The number of hydrogen-bond donors (Lipinski definition) is 2. The maximum absolute atomic E-state index is 13.7. The predicted molar refractivity (Wildman–Crippen MR) is 93.3 cm³/mol. The Morgan fingerprint density at radius 2 is 1.88 bits per heavy atom. The molecule has 3 aromatic rings. The van der Waals surface area contributed by atoms with Gasteiger partial charge in [-0.15, -0.1) is 0 Å². The Balaban J connectivity index is 1.60. The van der Waals surface area contributed by atoms with Gasteiger partial charge in [0.1, 0.15) is 5.82 Å². The minimum atomic E-state index is -0.472. The third kappa shape index (κ3) is 3.15. The lowest BCUT2D eigenvalue weighted by atomic mass is 10.2. The Bertz CT molecular complexity index is 994. The van der Waals surface area contributed by atoms with Crippen molar-refractivity contribution in [2.24, 2.45) is 0 Å². The monoisotopic (exact) mass is 352 g/mol. The van der Waals surface area contributed by atoms with Gasteiger partial charge in [0.05, 0.1) is 5.52 Å². The Labute approximate surface area is 149 Å². The number of amides is 2. The molecule has 6 nitrogen and oxygen atoms in total. The minimum Gasteiger partial charge on any atom is -0.348 e. The molecule has 2 amide bonds. The summed E-state index contributed by atoms with van der Waals surface area (Å²) >= 11 is 0. The average molecular weight is 352 g/mol. The molecule has 1 fully saturated rings. The van der Waals surface area contributed by atoms with Gasteiger partial charge in [0, 0.05) is 24.3 Å². The zero-order chi connectivity index (χ0) is 18.1. The van der Waals surface area contributed by atoms with E-state index in [0.29, 0.717) is 11.1 Å². The topological polar surface area (TPSA) is 75.5 Å². The van der Waals surface area contributed by atoms with E-state index in [9.17, 15) is 14.0 Å². The highest BCUT2D eigenvalue weighted by molar-refractivity contribution is 6.02. The van der Waals surface area contributed by atoms with E-state index in [1.54, 1.807) is 47.0 Å². The van der Waals surface area contributed by atoms with Crippen molar-refractivity contribution in [2.45, 2.75) is 25.4 Å². The van der Waals surface area contributed by atoms with Gasteiger partial charge in [-0.3, -0.25) is 14.0 Å². The molecule has 1 saturated carbocycles. The molecular formula is C19H17FN4O2. The molecule has 1 aliphatic rings. The quantitative estimate of drug-likeness (QED) is 0.740. The van der Waals surface area contributed by atoms with E-state index >= 15 is 0 Å². The van der Waals surface area contributed by atoms with Gasteiger partial charge in [-0.25, -0.2) is 9.37 Å². The number of aromatic nitrogens is 2. The van der Waals surface area contributed by atoms with E-state index in [-0.39, 0.29) is 35.8 Å². The molecule has 1 aromatic carbocycles. The molecule has 2 N–H and O–H groups in total. The van der Waals surface area contributed by atoms with Crippen molar-refractivity contribution < 1.29 is 14.0 Å². The Kier molecular flexibility index (Phi) is 4.12. The summed E-state index contributed by atoms with van der Waals surface area (Å²) in [5.74, 6) is -1.05. The maximum atomic E-state index is 13.7. The van der Waals surface area contributed by atoms with Crippen molar-refractivity contribution >= 4 is 17.3 Å². The van der Waals surface area contributed by atoms with Crippen molar-refractivity contribution in [3.63, 3.8) is 0 Å². The lowest BCUT2D eigenvalue weighted by Crippen LogP contribution is -2.27. The maximum Gasteiger partial charge on any atom is 0.287 e. The number of benzene rings is 1. The number of imidazole rings is 1. The molecule has 26 heavy (non-hydrogen) atoms. The number of carbonyl (C=O) groups excluding carboxylic acids is 2. The van der Waals surface area contributed by atoms with Gasteiger partial charge in [0.2, 0.25) is 5.82 Å². The van der Waals surface area contributed by atoms with Crippen molar-refractivity contribution in [1.82, 2.24) is 20.0 Å². The zero-order valence-electron chi connectivity index (χ0n) is 13.9. The standard InChI is InChI=1S/C19H17FN4O2/c20-14-6-2-1-5-12(14)11-21-19(26)17-23-16(18(25)22-13-8-9-13)15-7-3-4-10-24(15)17/h1-7,10,13H,8-9,11H2,(H,21,26)(H,22,25). The van der Waals surface area contributed by atoms with E-state index in [1.165, 1.54) is 6.07 Å². The second kappa shape index (κ2) is 6.59. The lowest BCUT2D eigenvalue weighted by Gasteiger charge is -2.05. The number of pyridine rings is 1. The number of carbonyl (C=O) groups is 2. The van der Waals surface area contributed by atoms with Crippen LogP contribution in [-0.4, -0.2) is 27.2 Å². The largest absolute Gasteiger partial charge is 0.348 e. The van der Waals surface area contributed by atoms with Gasteiger partial charge in [0.25, 0.3) is 11.8 Å². The average Bonchev–Trinajstić information content (AvgIpc) is 3.37. The molecule has 2 heterocycles. The van der Waals surface area contributed by atoms with Crippen LogP contribution in [-0.2, 0) is 6.54 Å². The Morgan fingerprint density at radius 3 is 2.65 bits per heavy atom. The summed E-state index contributed by atoms with van der Waals surface area (Å²) in [5, 5.41) is 5.54. The minimum absolute atomic E-state index is 0.0385. The zero-order valence-corrected chi connectivity index (χ0v) is 13.9. The summed E-state index contributed by atoms with van der Waals surface area (Å²) in [7, 11) is 0. The van der Waals surface area contributed by atoms with Crippen LogP contribution < -0.4 is 10.6 Å². The second-order valence-corrected chi connectivity index (χ2v) is 6.26. The third-order valence-electron chi connectivity index (χ3n) is 4.28. The fourth-order valence-electron chi connectivity index (χ4n) is 2.74. The molecule has 132 valence electrons. The Hall–Kier alpha value is -3.22. The summed E-state index contributed by atoms with van der Waals surface area (Å²) in [6, 6.07) is 11.7. The molecule has 7 heteroatoms. The fraction of sp³-hybridized carbons (Fsp3) is 0.211. The summed E-state index contributed by atoms with van der Waals surface area (Å²) in [4.78, 5) is 29.2. The van der Waals surface area contributed by atoms with Crippen LogP contribution in [0.5, 0.6) is 0 Å². The molecule has 0 aliphatic heterocycles. The number of fused-ring (bicyclic) bond motifs is 1. The number of halogens is 1. The van der Waals surface area contributed by atoms with Crippen molar-refractivity contribution in [1.29, 1.82) is 0 Å². The smallest absolute Gasteiger partial charge is 0.287 e. The fourth-order valence-corrected chi connectivity index (χ4v) is 2.74. The first-order chi connectivity index (χ1) is 12.6. The summed E-state index contributed by atoms with van der Waals surface area (Å²) < 4.78 is 15.3. The highest BCUT2D eigenvalue weighted by Gasteiger charge is 2.27. The van der Waals surface area contributed by atoms with Gasteiger partial charge in [-0.05, 0) is 31.0 Å². The molecule has 0 saturated heterocycles. The van der Waals surface area contributed by atoms with Crippen LogP contribution in [0, 0.1) is 5.82 Å². The van der Waals surface area contributed by atoms with Crippen molar-refractivity contribution in [2.75, 3.05) is 0 Å².